The summed E-state index contributed by atoms with van der Waals surface area (Å²) in [5.41, 5.74) is 0. The number of carbonyl (C=O) groups is 1. The van der Waals surface area contributed by atoms with E-state index in [4.69, 9.17) is 5.11 Å². The summed E-state index contributed by atoms with van der Waals surface area (Å²) in [4.78, 5) is 10.2. The van der Waals surface area contributed by atoms with Crippen molar-refractivity contribution in [3.8, 4) is 0 Å². The van der Waals surface area contributed by atoms with Gasteiger partial charge in [-0.15, -0.1) is 0 Å². The van der Waals surface area contributed by atoms with Gasteiger partial charge in [-0.1, -0.05) is 51.5 Å². The van der Waals surface area contributed by atoms with E-state index in [2.05, 4.69) is 12.2 Å². The monoisotopic (exact) mass is 227 g/mol. The predicted molar refractivity (Wildman–Crippen MR) is 67.4 cm³/mol. The van der Waals surface area contributed by atoms with Crippen LogP contribution < -0.4 is 5.32 Å². The van der Waals surface area contributed by atoms with Crippen molar-refractivity contribution < 1.29 is 9.90 Å². The Hall–Kier alpha value is -0.990. The van der Waals surface area contributed by atoms with Gasteiger partial charge in [-0.05, 0) is 19.0 Å². The van der Waals surface area contributed by atoms with Crippen molar-refractivity contribution in [1.82, 2.24) is 5.32 Å². The molecule has 2 N–H and O–H groups in total. The highest BCUT2D eigenvalue weighted by Crippen LogP contribution is 2.08. The first-order valence-corrected chi connectivity index (χ1v) is 6.37. The van der Waals surface area contributed by atoms with Gasteiger partial charge < -0.3 is 10.4 Å². The van der Waals surface area contributed by atoms with E-state index in [1.54, 1.807) is 6.20 Å². The summed E-state index contributed by atoms with van der Waals surface area (Å²) in [5.74, 6) is -0.819. The molecule has 0 amide bonds. The topological polar surface area (TPSA) is 49.3 Å². The predicted octanol–water partition coefficient (Wildman–Crippen LogP) is 3.32. The Morgan fingerprint density at radius 1 is 1.12 bits per heavy atom. The van der Waals surface area contributed by atoms with Crippen LogP contribution in [0.3, 0.4) is 0 Å². The Bertz CT molecular complexity index is 190. The van der Waals surface area contributed by atoms with Crippen LogP contribution >= 0.6 is 0 Å². The fourth-order valence-electron chi connectivity index (χ4n) is 1.53. The zero-order chi connectivity index (χ0) is 12.1. The van der Waals surface area contributed by atoms with E-state index in [1.807, 2.05) is 6.08 Å². The molecular weight excluding hydrogens is 202 g/mol. The zero-order valence-electron chi connectivity index (χ0n) is 10.4. The van der Waals surface area contributed by atoms with E-state index in [-0.39, 0.29) is 6.54 Å². The standard InChI is InChI=1S/C13H25NO2/c1-2-3-4-5-6-7-8-9-10-11-14-12-13(15)16/h10-11,14H,2-9,12H2,1H3,(H,15,16). The quantitative estimate of drug-likeness (QED) is 0.532. The van der Waals surface area contributed by atoms with Crippen LogP contribution in [0.25, 0.3) is 0 Å². The maximum Gasteiger partial charge on any atom is 0.322 e. The van der Waals surface area contributed by atoms with Gasteiger partial charge in [0.2, 0.25) is 0 Å². The number of allylic oxidation sites excluding steroid dienone is 1. The molecule has 3 nitrogen and oxygen atoms in total. The first-order valence-electron chi connectivity index (χ1n) is 6.37. The Labute approximate surface area is 98.9 Å². The lowest BCUT2D eigenvalue weighted by atomic mass is 10.1. The highest BCUT2D eigenvalue weighted by atomic mass is 16.4. The maximum atomic E-state index is 10.2. The van der Waals surface area contributed by atoms with Gasteiger partial charge in [0.05, 0.1) is 0 Å². The second-order valence-corrected chi connectivity index (χ2v) is 4.09. The molecule has 0 saturated carbocycles. The van der Waals surface area contributed by atoms with Gasteiger partial charge in [-0.3, -0.25) is 4.79 Å². The molecule has 0 fully saturated rings. The summed E-state index contributed by atoms with van der Waals surface area (Å²) in [5, 5.41) is 11.1. The second-order valence-electron chi connectivity index (χ2n) is 4.09. The molecule has 16 heavy (non-hydrogen) atoms. The van der Waals surface area contributed by atoms with Gasteiger partial charge in [0, 0.05) is 0 Å². The number of aliphatic carboxylic acids is 1. The van der Waals surface area contributed by atoms with Crippen LogP contribution in [0.2, 0.25) is 0 Å². The van der Waals surface area contributed by atoms with Crippen LogP contribution in [0.4, 0.5) is 0 Å². The molecule has 0 aromatic heterocycles. The number of nitrogens with one attached hydrogen (secondary N) is 1. The van der Waals surface area contributed by atoms with Crippen molar-refractivity contribution in [2.45, 2.75) is 58.3 Å². The molecule has 0 spiro atoms. The number of unbranched alkanes of at least 4 members (excludes halogenated alkanes) is 7. The molecule has 3 heteroatoms. The van der Waals surface area contributed by atoms with Crippen molar-refractivity contribution in [3.05, 3.63) is 12.3 Å². The smallest absolute Gasteiger partial charge is 0.322 e. The average molecular weight is 227 g/mol. The van der Waals surface area contributed by atoms with Gasteiger partial charge >= 0.3 is 5.97 Å². The van der Waals surface area contributed by atoms with Crippen molar-refractivity contribution in [3.63, 3.8) is 0 Å². The molecule has 0 aromatic carbocycles. The third-order valence-corrected chi connectivity index (χ3v) is 2.46. The first kappa shape index (κ1) is 15.0. The number of carboxylic acid groups (broad SMARTS) is 1. The maximum absolute atomic E-state index is 10.2. The lowest BCUT2D eigenvalue weighted by molar-refractivity contribution is -0.135. The van der Waals surface area contributed by atoms with E-state index in [9.17, 15) is 4.79 Å². The number of rotatable bonds is 11. The van der Waals surface area contributed by atoms with Gasteiger partial charge in [-0.2, -0.15) is 0 Å². The largest absolute Gasteiger partial charge is 0.480 e. The van der Waals surface area contributed by atoms with Gasteiger partial charge in [0.25, 0.3) is 0 Å². The van der Waals surface area contributed by atoms with E-state index in [0.717, 1.165) is 6.42 Å². The van der Waals surface area contributed by atoms with Crippen LogP contribution in [0.5, 0.6) is 0 Å². The zero-order valence-corrected chi connectivity index (χ0v) is 10.4. The van der Waals surface area contributed by atoms with Gasteiger partial charge in [-0.25, -0.2) is 0 Å². The normalized spacial score (nSPS) is 10.8. The van der Waals surface area contributed by atoms with E-state index in [0.29, 0.717) is 0 Å². The summed E-state index contributed by atoms with van der Waals surface area (Å²) in [7, 11) is 0. The van der Waals surface area contributed by atoms with Gasteiger partial charge in [0.1, 0.15) is 6.54 Å². The number of hydrogen-bond donors (Lipinski definition) is 2. The molecule has 0 saturated heterocycles. The summed E-state index contributed by atoms with van der Waals surface area (Å²) >= 11 is 0. The molecule has 0 bridgehead atoms. The molecule has 0 heterocycles. The van der Waals surface area contributed by atoms with Crippen molar-refractivity contribution in [2.24, 2.45) is 0 Å². The molecule has 0 rings (SSSR count). The summed E-state index contributed by atoms with van der Waals surface area (Å²) in [6.07, 6.45) is 14.0. The minimum absolute atomic E-state index is 0.00746. The molecule has 94 valence electrons. The Morgan fingerprint density at radius 2 is 1.75 bits per heavy atom. The summed E-state index contributed by atoms with van der Waals surface area (Å²) in [6.45, 7) is 2.24. The van der Waals surface area contributed by atoms with Crippen molar-refractivity contribution in [1.29, 1.82) is 0 Å². The molecule has 0 aliphatic heterocycles. The minimum atomic E-state index is -0.819. The van der Waals surface area contributed by atoms with Crippen LogP contribution in [0.1, 0.15) is 58.3 Å². The summed E-state index contributed by atoms with van der Waals surface area (Å²) < 4.78 is 0. The van der Waals surface area contributed by atoms with Crippen molar-refractivity contribution in [2.75, 3.05) is 6.54 Å². The first-order chi connectivity index (χ1) is 7.77. The van der Waals surface area contributed by atoms with E-state index in [1.165, 1.54) is 44.9 Å². The highest BCUT2D eigenvalue weighted by Gasteiger charge is 1.90. The van der Waals surface area contributed by atoms with E-state index >= 15 is 0 Å². The fourth-order valence-corrected chi connectivity index (χ4v) is 1.53. The lowest BCUT2D eigenvalue weighted by Crippen LogP contribution is -2.16. The SMILES string of the molecule is CCCCCCCCCC=CNCC(=O)O. The van der Waals surface area contributed by atoms with E-state index < -0.39 is 5.97 Å². The Balaban J connectivity index is 3.05. The third-order valence-electron chi connectivity index (χ3n) is 2.46. The van der Waals surface area contributed by atoms with Crippen LogP contribution in [-0.4, -0.2) is 17.6 Å². The Kier molecular flexibility index (Phi) is 11.3. The number of hydrogen-bond acceptors (Lipinski definition) is 2. The fraction of sp³-hybridized carbons (Fsp3) is 0.769. The molecule has 0 aliphatic rings. The molecule has 0 unspecified atom stereocenters. The van der Waals surface area contributed by atoms with Crippen LogP contribution in [-0.2, 0) is 4.79 Å². The van der Waals surface area contributed by atoms with Crippen molar-refractivity contribution >= 4 is 5.97 Å². The van der Waals surface area contributed by atoms with Gasteiger partial charge in [0.15, 0.2) is 0 Å². The highest BCUT2D eigenvalue weighted by molar-refractivity contribution is 5.69. The molecule has 0 atom stereocenters. The minimum Gasteiger partial charge on any atom is -0.480 e. The Morgan fingerprint density at radius 3 is 2.38 bits per heavy atom. The summed E-state index contributed by atoms with van der Waals surface area (Å²) in [6, 6.07) is 0. The molecule has 0 radical (unpaired) electrons. The van der Waals surface area contributed by atoms with Crippen LogP contribution in [0, 0.1) is 0 Å². The molecule has 0 aromatic rings. The molecule has 0 aliphatic carbocycles. The number of carboxylic acids is 1. The second kappa shape index (κ2) is 12.1. The molecular formula is C13H25NO2. The third kappa shape index (κ3) is 13.0. The lowest BCUT2D eigenvalue weighted by Gasteiger charge is -1.99. The average Bonchev–Trinajstić information content (AvgIpc) is 2.25. The van der Waals surface area contributed by atoms with Crippen LogP contribution in [0.15, 0.2) is 12.3 Å².